The number of methoxy groups -OCH3 is 1. The van der Waals surface area contributed by atoms with E-state index in [4.69, 9.17) is 4.74 Å². The summed E-state index contributed by atoms with van der Waals surface area (Å²) in [7, 11) is 1.55. The van der Waals surface area contributed by atoms with E-state index in [-0.39, 0.29) is 11.6 Å². The highest BCUT2D eigenvalue weighted by Crippen LogP contribution is 2.23. The van der Waals surface area contributed by atoms with E-state index in [1.165, 1.54) is 0 Å². The topological polar surface area (TPSA) is 81.9 Å². The summed E-state index contributed by atoms with van der Waals surface area (Å²) in [4.78, 5) is 12.2. The van der Waals surface area contributed by atoms with E-state index in [1.807, 2.05) is 12.1 Å². The quantitative estimate of drug-likeness (QED) is 0.795. The molecule has 110 valence electrons. The van der Waals surface area contributed by atoms with Crippen molar-refractivity contribution in [3.05, 3.63) is 60.6 Å². The van der Waals surface area contributed by atoms with Gasteiger partial charge in [-0.1, -0.05) is 12.1 Å². The van der Waals surface area contributed by atoms with Gasteiger partial charge in [-0.25, -0.2) is 4.68 Å². The summed E-state index contributed by atoms with van der Waals surface area (Å²) >= 11 is 0. The third-order valence-electron chi connectivity index (χ3n) is 2.98. The van der Waals surface area contributed by atoms with Crippen molar-refractivity contribution in [2.75, 3.05) is 12.4 Å². The summed E-state index contributed by atoms with van der Waals surface area (Å²) in [6.07, 6.45) is 3.39. The van der Waals surface area contributed by atoms with Gasteiger partial charge in [-0.2, -0.15) is 5.10 Å². The summed E-state index contributed by atoms with van der Waals surface area (Å²) in [5.41, 5.74) is 0.787. The Morgan fingerprint density at radius 2 is 2.00 bits per heavy atom. The molecule has 3 rings (SSSR count). The maximum atomic E-state index is 12.2. The van der Waals surface area contributed by atoms with Crippen LogP contribution in [0.2, 0.25) is 0 Å². The molecule has 2 heterocycles. The normalized spacial score (nSPS) is 10.2. The molecule has 3 aromatic rings. The molecule has 0 unspecified atom stereocenters. The zero-order chi connectivity index (χ0) is 15.4. The molecule has 0 aliphatic heterocycles. The Balaban J connectivity index is 1.78. The van der Waals surface area contributed by atoms with Crippen LogP contribution in [0, 0.1) is 0 Å². The molecule has 0 aliphatic carbocycles. The van der Waals surface area contributed by atoms with Crippen molar-refractivity contribution < 1.29 is 9.53 Å². The molecule has 0 radical (unpaired) electrons. The van der Waals surface area contributed by atoms with Crippen molar-refractivity contribution in [2.45, 2.75) is 0 Å². The molecule has 1 N–H and O–H groups in total. The van der Waals surface area contributed by atoms with Gasteiger partial charge in [0, 0.05) is 12.4 Å². The van der Waals surface area contributed by atoms with E-state index in [2.05, 4.69) is 20.6 Å². The number of rotatable bonds is 4. The highest BCUT2D eigenvalue weighted by atomic mass is 16.5. The summed E-state index contributed by atoms with van der Waals surface area (Å²) in [6.45, 7) is 0. The zero-order valence-corrected chi connectivity index (χ0v) is 11.8. The number of ether oxygens (including phenoxy) is 1. The molecule has 1 aromatic carbocycles. The SMILES string of the molecule is COc1ccccc1NC(=O)c1ccc(-n2cccn2)nn1. The molecule has 0 aliphatic rings. The number of nitrogens with zero attached hydrogens (tertiary/aromatic N) is 4. The number of benzene rings is 1. The van der Waals surface area contributed by atoms with Crippen LogP contribution in [0.15, 0.2) is 54.9 Å². The van der Waals surface area contributed by atoms with Gasteiger partial charge in [0.15, 0.2) is 11.5 Å². The summed E-state index contributed by atoms with van der Waals surface area (Å²) in [5.74, 6) is 0.764. The van der Waals surface area contributed by atoms with Crippen molar-refractivity contribution in [3.8, 4) is 11.6 Å². The fraction of sp³-hybridized carbons (Fsp3) is 0.0667. The van der Waals surface area contributed by atoms with Crippen molar-refractivity contribution in [1.29, 1.82) is 0 Å². The second-order valence-corrected chi connectivity index (χ2v) is 4.38. The van der Waals surface area contributed by atoms with Crippen LogP contribution in [-0.4, -0.2) is 33.0 Å². The predicted molar refractivity (Wildman–Crippen MR) is 80.1 cm³/mol. The minimum atomic E-state index is -0.357. The van der Waals surface area contributed by atoms with E-state index < -0.39 is 0 Å². The fourth-order valence-corrected chi connectivity index (χ4v) is 1.91. The van der Waals surface area contributed by atoms with Gasteiger partial charge in [-0.3, -0.25) is 4.79 Å². The number of para-hydroxylation sites is 2. The van der Waals surface area contributed by atoms with Gasteiger partial charge in [0.05, 0.1) is 12.8 Å². The molecule has 0 fully saturated rings. The first kappa shape index (κ1) is 13.7. The average Bonchev–Trinajstić information content (AvgIpc) is 3.10. The number of amides is 1. The van der Waals surface area contributed by atoms with Gasteiger partial charge in [-0.05, 0) is 30.3 Å². The third kappa shape index (κ3) is 2.78. The van der Waals surface area contributed by atoms with Gasteiger partial charge in [0.1, 0.15) is 5.75 Å². The standard InChI is InChI=1S/C15H13N5O2/c1-22-13-6-3-2-5-11(13)17-15(21)12-7-8-14(19-18-12)20-10-4-9-16-20/h2-10H,1H3,(H,17,21). The lowest BCUT2D eigenvalue weighted by Gasteiger charge is -2.09. The van der Waals surface area contributed by atoms with E-state index in [1.54, 1.807) is 54.5 Å². The largest absolute Gasteiger partial charge is 0.495 e. The third-order valence-corrected chi connectivity index (χ3v) is 2.98. The van der Waals surface area contributed by atoms with Crippen LogP contribution in [-0.2, 0) is 0 Å². The summed E-state index contributed by atoms with van der Waals surface area (Å²) < 4.78 is 6.75. The van der Waals surface area contributed by atoms with Gasteiger partial charge < -0.3 is 10.1 Å². The Labute approximate surface area is 126 Å². The number of hydrogen-bond acceptors (Lipinski definition) is 5. The van der Waals surface area contributed by atoms with Gasteiger partial charge in [-0.15, -0.1) is 10.2 Å². The first-order valence-corrected chi connectivity index (χ1v) is 6.56. The second-order valence-electron chi connectivity index (χ2n) is 4.38. The van der Waals surface area contributed by atoms with Crippen LogP contribution in [0.3, 0.4) is 0 Å². The van der Waals surface area contributed by atoms with Crippen LogP contribution in [0.25, 0.3) is 5.82 Å². The molecule has 7 nitrogen and oxygen atoms in total. The van der Waals surface area contributed by atoms with E-state index in [9.17, 15) is 4.79 Å². The average molecular weight is 295 g/mol. The number of aromatic nitrogens is 4. The number of carbonyl (C=O) groups is 1. The smallest absolute Gasteiger partial charge is 0.276 e. The van der Waals surface area contributed by atoms with Crippen molar-refractivity contribution in [3.63, 3.8) is 0 Å². The highest BCUT2D eigenvalue weighted by Gasteiger charge is 2.11. The molecule has 7 heteroatoms. The molecule has 0 spiro atoms. The Hall–Kier alpha value is -3.22. The number of anilines is 1. The first-order valence-electron chi connectivity index (χ1n) is 6.56. The zero-order valence-electron chi connectivity index (χ0n) is 11.8. The first-order chi connectivity index (χ1) is 10.8. The summed E-state index contributed by atoms with van der Waals surface area (Å²) in [6, 6.07) is 12.2. The van der Waals surface area contributed by atoms with Gasteiger partial charge >= 0.3 is 0 Å². The molecule has 0 saturated carbocycles. The van der Waals surface area contributed by atoms with Crippen LogP contribution in [0.1, 0.15) is 10.5 Å². The van der Waals surface area contributed by atoms with Crippen molar-refractivity contribution >= 4 is 11.6 Å². The van der Waals surface area contributed by atoms with Crippen LogP contribution < -0.4 is 10.1 Å². The van der Waals surface area contributed by atoms with Crippen LogP contribution >= 0.6 is 0 Å². The maximum absolute atomic E-state index is 12.2. The molecular weight excluding hydrogens is 282 g/mol. The molecule has 1 amide bonds. The molecule has 0 saturated heterocycles. The Morgan fingerprint density at radius 3 is 2.68 bits per heavy atom. The molecule has 0 atom stereocenters. The number of nitrogens with one attached hydrogen (secondary N) is 1. The summed E-state index contributed by atoms with van der Waals surface area (Å²) in [5, 5.41) is 14.7. The van der Waals surface area contributed by atoms with E-state index >= 15 is 0 Å². The monoisotopic (exact) mass is 295 g/mol. The molecular formula is C15H13N5O2. The van der Waals surface area contributed by atoms with Gasteiger partial charge in [0.25, 0.3) is 5.91 Å². The Kier molecular flexibility index (Phi) is 3.78. The predicted octanol–water partition coefficient (Wildman–Crippen LogP) is 1.92. The molecule has 22 heavy (non-hydrogen) atoms. The Morgan fingerprint density at radius 1 is 1.14 bits per heavy atom. The van der Waals surface area contributed by atoms with E-state index in [0.29, 0.717) is 17.3 Å². The maximum Gasteiger partial charge on any atom is 0.276 e. The van der Waals surface area contributed by atoms with Crippen molar-refractivity contribution in [1.82, 2.24) is 20.0 Å². The molecule has 0 bridgehead atoms. The second kappa shape index (κ2) is 6.04. The lowest BCUT2D eigenvalue weighted by molar-refractivity contribution is 0.102. The van der Waals surface area contributed by atoms with E-state index in [0.717, 1.165) is 0 Å². The molecule has 2 aromatic heterocycles. The lowest BCUT2D eigenvalue weighted by Crippen LogP contribution is -2.15. The van der Waals surface area contributed by atoms with Gasteiger partial charge in [0.2, 0.25) is 0 Å². The Bertz CT molecular complexity index is 769. The minimum absolute atomic E-state index is 0.210. The van der Waals surface area contributed by atoms with Crippen LogP contribution in [0.5, 0.6) is 5.75 Å². The fourth-order valence-electron chi connectivity index (χ4n) is 1.91. The van der Waals surface area contributed by atoms with Crippen LogP contribution in [0.4, 0.5) is 5.69 Å². The highest BCUT2D eigenvalue weighted by molar-refractivity contribution is 6.03. The van der Waals surface area contributed by atoms with Crippen molar-refractivity contribution in [2.24, 2.45) is 0 Å². The number of carbonyl (C=O) groups excluding carboxylic acids is 1. The minimum Gasteiger partial charge on any atom is -0.495 e. The lowest BCUT2D eigenvalue weighted by atomic mass is 10.2. The number of hydrogen-bond donors (Lipinski definition) is 1.